The molecule has 0 aliphatic carbocycles. The van der Waals surface area contributed by atoms with Crippen LogP contribution in [0.3, 0.4) is 0 Å². The fourth-order valence-corrected chi connectivity index (χ4v) is 7.85. The van der Waals surface area contributed by atoms with Crippen LogP contribution in [-0.2, 0) is 28.0 Å². The van der Waals surface area contributed by atoms with E-state index >= 15 is 0 Å². The van der Waals surface area contributed by atoms with Crippen molar-refractivity contribution in [2.45, 2.75) is 50.3 Å². The fourth-order valence-electron chi connectivity index (χ4n) is 7.25. The Morgan fingerprint density at radius 2 is 1.69 bits per heavy atom. The van der Waals surface area contributed by atoms with Gasteiger partial charge in [0.25, 0.3) is 0 Å². The number of carboxylic acid groups (broad SMARTS) is 1. The molecule has 3 aliphatic heterocycles. The molecule has 4 heterocycles. The summed E-state index contributed by atoms with van der Waals surface area (Å²) in [7, 11) is 3.06. The predicted octanol–water partition coefficient (Wildman–Crippen LogP) is 6.36. The summed E-state index contributed by atoms with van der Waals surface area (Å²) in [6.45, 7) is 4.85. The first-order valence-corrected chi connectivity index (χ1v) is 17.6. The summed E-state index contributed by atoms with van der Waals surface area (Å²) in [4.78, 5) is 29.2. The van der Waals surface area contributed by atoms with Crippen molar-refractivity contribution < 1.29 is 33.6 Å². The van der Waals surface area contributed by atoms with Gasteiger partial charge in [-0.1, -0.05) is 71.7 Å². The minimum atomic E-state index is -1.19. The molecular formula is C39H41Cl2N3O7. The molecular weight excluding hydrogens is 693 g/mol. The second-order valence-electron chi connectivity index (χ2n) is 13.3. The second-order valence-corrected chi connectivity index (χ2v) is 14.1. The Kier molecular flexibility index (Phi) is 11.1. The maximum Gasteiger partial charge on any atom is 0.335 e. The van der Waals surface area contributed by atoms with Gasteiger partial charge in [0.05, 0.1) is 19.8 Å². The topological polar surface area (TPSA) is 124 Å². The lowest BCUT2D eigenvalue weighted by molar-refractivity contribution is -0.605. The Morgan fingerprint density at radius 3 is 2.29 bits per heavy atom. The molecule has 3 fully saturated rings. The number of aromatic carboxylic acids is 1. The van der Waals surface area contributed by atoms with Gasteiger partial charge in [-0.25, -0.2) is 9.59 Å². The number of carbonyl (C=O) groups is 2. The van der Waals surface area contributed by atoms with Gasteiger partial charge in [-0.15, -0.1) is 0 Å². The summed E-state index contributed by atoms with van der Waals surface area (Å²) in [6.07, 6.45) is 4.46. The third kappa shape index (κ3) is 7.79. The molecule has 0 spiro atoms. The van der Waals surface area contributed by atoms with Gasteiger partial charge in [-0.2, -0.15) is 4.73 Å². The maximum absolute atomic E-state index is 14.1. The van der Waals surface area contributed by atoms with E-state index in [-0.39, 0.29) is 40.6 Å². The molecule has 7 rings (SSSR count). The number of esters is 1. The van der Waals surface area contributed by atoms with E-state index in [1.807, 2.05) is 49.4 Å². The summed E-state index contributed by atoms with van der Waals surface area (Å²) < 4.78 is 17.8. The molecule has 3 aliphatic rings. The number of benzene rings is 3. The number of ether oxygens (including phenoxy) is 3. The lowest BCUT2D eigenvalue weighted by atomic mass is 9.82. The van der Waals surface area contributed by atoms with E-state index < -0.39 is 17.4 Å². The van der Waals surface area contributed by atoms with Crippen LogP contribution in [0.15, 0.2) is 79.1 Å². The highest BCUT2D eigenvalue weighted by Crippen LogP contribution is 2.39. The van der Waals surface area contributed by atoms with Crippen molar-refractivity contribution in [3.63, 3.8) is 0 Å². The van der Waals surface area contributed by atoms with E-state index in [2.05, 4.69) is 10.2 Å². The molecule has 2 N–H and O–H groups in total. The normalized spacial score (nSPS) is 19.9. The van der Waals surface area contributed by atoms with Gasteiger partial charge in [0.2, 0.25) is 0 Å². The van der Waals surface area contributed by atoms with Crippen LogP contribution in [0, 0.1) is 11.1 Å². The number of hydrogen-bond donors (Lipinski definition) is 2. The molecule has 0 radical (unpaired) electrons. The third-order valence-electron chi connectivity index (χ3n) is 10.3. The highest BCUT2D eigenvalue weighted by molar-refractivity contribution is 6.35. The van der Waals surface area contributed by atoms with Crippen LogP contribution in [0.25, 0.3) is 0 Å². The number of pyridine rings is 1. The zero-order valence-corrected chi connectivity index (χ0v) is 30.2. The zero-order chi connectivity index (χ0) is 36.3. The summed E-state index contributed by atoms with van der Waals surface area (Å²) in [5.74, 6) is -0.767. The quantitative estimate of drug-likeness (QED) is 0.0918. The number of fused-ring (bicyclic) bond motifs is 3. The van der Waals surface area contributed by atoms with E-state index in [1.54, 1.807) is 24.3 Å². The number of carbonyl (C=O) groups excluding carboxylic acids is 1. The molecule has 10 nitrogen and oxygen atoms in total. The summed E-state index contributed by atoms with van der Waals surface area (Å²) in [6, 6.07) is 20.0. The van der Waals surface area contributed by atoms with Crippen LogP contribution in [0.5, 0.6) is 11.5 Å². The minimum absolute atomic E-state index is 0.0770. The van der Waals surface area contributed by atoms with Crippen LogP contribution in [0.1, 0.15) is 63.9 Å². The lowest BCUT2D eigenvalue weighted by Gasteiger charge is -2.45. The highest BCUT2D eigenvalue weighted by atomic mass is 35.5. The lowest BCUT2D eigenvalue weighted by Crippen LogP contribution is -2.55. The molecule has 3 atom stereocenters. The highest BCUT2D eigenvalue weighted by Gasteiger charge is 2.42. The number of nitrogens with one attached hydrogen (secondary N) is 1. The molecule has 0 saturated carbocycles. The van der Waals surface area contributed by atoms with Gasteiger partial charge in [0, 0.05) is 24.6 Å². The second kappa shape index (κ2) is 15.5. The van der Waals surface area contributed by atoms with Gasteiger partial charge in [0.1, 0.15) is 21.7 Å². The van der Waals surface area contributed by atoms with Crippen molar-refractivity contribution in [2.24, 2.45) is 5.92 Å². The Hall–Kier alpha value is -4.35. The number of halogens is 2. The van der Waals surface area contributed by atoms with Gasteiger partial charge >= 0.3 is 11.9 Å². The van der Waals surface area contributed by atoms with Crippen molar-refractivity contribution in [1.82, 2.24) is 10.2 Å². The van der Waals surface area contributed by atoms with Gasteiger partial charge in [-0.3, -0.25) is 10.2 Å². The molecule has 3 aromatic carbocycles. The van der Waals surface area contributed by atoms with E-state index in [9.17, 15) is 19.9 Å². The zero-order valence-electron chi connectivity index (χ0n) is 28.7. The Balaban J connectivity index is 1.37. The van der Waals surface area contributed by atoms with Crippen LogP contribution >= 0.6 is 23.2 Å². The van der Waals surface area contributed by atoms with E-state index in [4.69, 9.17) is 37.4 Å². The summed E-state index contributed by atoms with van der Waals surface area (Å²) >= 11 is 13.1. The van der Waals surface area contributed by atoms with E-state index in [0.717, 1.165) is 43.6 Å². The molecule has 2 bridgehead atoms. The maximum atomic E-state index is 14.1. The molecule has 1 aromatic heterocycles. The van der Waals surface area contributed by atoms with Gasteiger partial charge < -0.3 is 24.5 Å². The molecule has 268 valence electrons. The number of carboxylic acids is 1. The first-order chi connectivity index (χ1) is 24.5. The van der Waals surface area contributed by atoms with Crippen molar-refractivity contribution >= 4 is 35.1 Å². The summed E-state index contributed by atoms with van der Waals surface area (Å²) in [5, 5.41) is 26.3. The smallest absolute Gasteiger partial charge is 0.335 e. The largest absolute Gasteiger partial charge is 0.619 e. The number of methoxy groups -OCH3 is 2. The van der Waals surface area contributed by atoms with E-state index in [0.29, 0.717) is 38.8 Å². The molecule has 0 amide bonds. The Bertz CT molecular complexity index is 1880. The average molecular weight is 735 g/mol. The molecule has 12 heteroatoms. The number of hydrogen-bond acceptors (Lipinski definition) is 8. The standard InChI is InChI=1S/C39H41Cl2N3O7/c1-39(27-7-5-4-6-8-27,38(47)51-36-23-43-15-13-25(36)14-16-43)42-20-24-9-11-28(37(45)46)30(17-24)29(19-31-32(40)21-44(48)22-33(31)41)26-10-12-34(49-2)35(18-26)50-3/h4-12,17-18,21-22,25,29,36,42H,13-16,19-20,23H2,1-3H3,(H,45,46)/t29-,36-,39?/m0/s1. The predicted molar refractivity (Wildman–Crippen MR) is 194 cm³/mol. The number of piperidine rings is 3. The molecule has 4 aromatic rings. The number of rotatable bonds is 13. The van der Waals surface area contributed by atoms with E-state index in [1.165, 1.54) is 26.6 Å². The fraction of sp³-hybridized carbons (Fsp3) is 0.359. The van der Waals surface area contributed by atoms with Crippen LogP contribution < -0.4 is 19.5 Å². The van der Waals surface area contributed by atoms with Crippen molar-refractivity contribution in [3.8, 4) is 11.5 Å². The average Bonchev–Trinajstić information content (AvgIpc) is 3.14. The summed E-state index contributed by atoms with van der Waals surface area (Å²) in [5.41, 5.74) is 2.05. The monoisotopic (exact) mass is 733 g/mol. The van der Waals surface area contributed by atoms with Crippen LogP contribution in [0.2, 0.25) is 10.0 Å². The minimum Gasteiger partial charge on any atom is -0.619 e. The SMILES string of the molecule is COc1ccc([C@H](Cc2c(Cl)c[n+]([O-])cc2Cl)c2cc(CNC(C)(C(=O)O[C@H]3CN4CCC3CC4)c3ccccc3)ccc2C(=O)O)cc1OC. The van der Waals surface area contributed by atoms with Crippen molar-refractivity contribution in [3.05, 3.63) is 128 Å². The van der Waals surface area contributed by atoms with Crippen LogP contribution in [0.4, 0.5) is 0 Å². The Labute approximate surface area is 307 Å². The molecule has 51 heavy (non-hydrogen) atoms. The molecule has 1 unspecified atom stereocenters. The van der Waals surface area contributed by atoms with Crippen molar-refractivity contribution in [2.75, 3.05) is 33.9 Å². The molecule has 3 saturated heterocycles. The van der Waals surface area contributed by atoms with Crippen LogP contribution in [-0.4, -0.2) is 61.9 Å². The first-order valence-electron chi connectivity index (χ1n) is 16.9. The third-order valence-corrected chi connectivity index (χ3v) is 10.9. The first kappa shape index (κ1) is 36.4. The van der Waals surface area contributed by atoms with Gasteiger partial charge in [0.15, 0.2) is 23.9 Å². The number of nitrogens with zero attached hydrogens (tertiary/aromatic N) is 2. The van der Waals surface area contributed by atoms with Crippen molar-refractivity contribution in [1.29, 1.82) is 0 Å². The number of aromatic nitrogens is 1. The Morgan fingerprint density at radius 1 is 1.00 bits per heavy atom. The van der Waals surface area contributed by atoms with Gasteiger partial charge in [-0.05, 0) is 85.6 Å².